The van der Waals surface area contributed by atoms with Crippen LogP contribution in [0.25, 0.3) is 0 Å². The summed E-state index contributed by atoms with van der Waals surface area (Å²) in [4.78, 5) is 12.2. The van der Waals surface area contributed by atoms with Gasteiger partial charge in [-0.25, -0.2) is 0 Å². The Labute approximate surface area is 146 Å². The number of carbonyl (C=O) groups is 1. The summed E-state index contributed by atoms with van der Waals surface area (Å²) in [5, 5.41) is 14.0. The number of nitrogens with one attached hydrogen (secondary N) is 2. The van der Waals surface area contributed by atoms with Gasteiger partial charge in [0.05, 0.1) is 12.7 Å². The Morgan fingerprint density at radius 3 is 2.72 bits per heavy atom. The van der Waals surface area contributed by atoms with Gasteiger partial charge in [-0.2, -0.15) is 0 Å². The van der Waals surface area contributed by atoms with Crippen molar-refractivity contribution in [2.45, 2.75) is 25.9 Å². The molecule has 1 unspecified atom stereocenters. The second kappa shape index (κ2) is 8.43. The molecule has 7 nitrogen and oxygen atoms in total. The molecule has 7 heteroatoms. The molecule has 1 atom stereocenters. The molecule has 2 aromatic rings. The molecule has 1 aliphatic rings. The Hall–Kier alpha value is -2.67. The second-order valence-corrected chi connectivity index (χ2v) is 5.73. The average Bonchev–Trinajstić information content (AvgIpc) is 3.16. The van der Waals surface area contributed by atoms with Crippen LogP contribution < -0.4 is 15.4 Å². The number of benzene rings is 1. The number of rotatable bonds is 7. The van der Waals surface area contributed by atoms with Gasteiger partial charge in [-0.15, -0.1) is 10.2 Å². The molecule has 0 aliphatic carbocycles. The topological polar surface area (TPSA) is 85.4 Å². The highest BCUT2D eigenvalue weighted by Gasteiger charge is 2.15. The van der Waals surface area contributed by atoms with Crippen LogP contribution in [0.2, 0.25) is 0 Å². The van der Waals surface area contributed by atoms with E-state index in [1.165, 1.54) is 0 Å². The van der Waals surface area contributed by atoms with E-state index in [2.05, 4.69) is 20.8 Å². The van der Waals surface area contributed by atoms with Crippen molar-refractivity contribution < 1.29 is 14.3 Å². The third-order valence-corrected chi connectivity index (χ3v) is 3.86. The quantitative estimate of drug-likeness (QED) is 0.805. The van der Waals surface area contributed by atoms with Crippen molar-refractivity contribution in [3.63, 3.8) is 0 Å². The molecule has 1 aliphatic heterocycles. The van der Waals surface area contributed by atoms with Gasteiger partial charge in [0.25, 0.3) is 5.91 Å². The molecule has 25 heavy (non-hydrogen) atoms. The SMILES string of the molecule is CCOc1ccc(NC(=O)c2ccc(NCC3CCCO3)nn2)cc1. The minimum atomic E-state index is -0.303. The molecule has 132 valence electrons. The van der Waals surface area contributed by atoms with E-state index in [1.54, 1.807) is 24.3 Å². The third-order valence-electron chi connectivity index (χ3n) is 3.86. The Kier molecular flexibility index (Phi) is 5.79. The van der Waals surface area contributed by atoms with E-state index in [0.29, 0.717) is 24.7 Å². The number of hydrogen-bond acceptors (Lipinski definition) is 6. The van der Waals surface area contributed by atoms with Crippen molar-refractivity contribution in [1.29, 1.82) is 0 Å². The maximum Gasteiger partial charge on any atom is 0.276 e. The number of anilines is 2. The van der Waals surface area contributed by atoms with Crippen molar-refractivity contribution in [1.82, 2.24) is 10.2 Å². The predicted molar refractivity (Wildman–Crippen MR) is 95.1 cm³/mol. The minimum Gasteiger partial charge on any atom is -0.494 e. The lowest BCUT2D eigenvalue weighted by Crippen LogP contribution is -2.20. The maximum absolute atomic E-state index is 12.2. The lowest BCUT2D eigenvalue weighted by molar-refractivity contribution is 0.102. The Bertz CT molecular complexity index is 682. The fourth-order valence-electron chi connectivity index (χ4n) is 2.57. The maximum atomic E-state index is 12.2. The number of amides is 1. The number of hydrogen-bond donors (Lipinski definition) is 2. The molecule has 0 saturated carbocycles. The summed E-state index contributed by atoms with van der Waals surface area (Å²) in [6.07, 6.45) is 2.38. The van der Waals surface area contributed by atoms with Gasteiger partial charge in [-0.05, 0) is 56.2 Å². The van der Waals surface area contributed by atoms with Crippen molar-refractivity contribution in [3.8, 4) is 5.75 Å². The van der Waals surface area contributed by atoms with Gasteiger partial charge in [0.1, 0.15) is 11.6 Å². The molecule has 3 rings (SSSR count). The average molecular weight is 342 g/mol. The lowest BCUT2D eigenvalue weighted by Gasteiger charge is -2.11. The van der Waals surface area contributed by atoms with Crippen LogP contribution in [0.1, 0.15) is 30.3 Å². The van der Waals surface area contributed by atoms with E-state index in [-0.39, 0.29) is 17.7 Å². The van der Waals surface area contributed by atoms with E-state index in [4.69, 9.17) is 9.47 Å². The van der Waals surface area contributed by atoms with Crippen LogP contribution in [0.3, 0.4) is 0 Å². The molecule has 0 radical (unpaired) electrons. The molecule has 0 spiro atoms. The van der Waals surface area contributed by atoms with Crippen LogP contribution in [0, 0.1) is 0 Å². The van der Waals surface area contributed by atoms with E-state index in [9.17, 15) is 4.79 Å². The van der Waals surface area contributed by atoms with Crippen LogP contribution in [-0.2, 0) is 4.74 Å². The first-order valence-electron chi connectivity index (χ1n) is 8.48. The fraction of sp³-hybridized carbons (Fsp3) is 0.389. The van der Waals surface area contributed by atoms with Gasteiger partial charge >= 0.3 is 0 Å². The van der Waals surface area contributed by atoms with Crippen molar-refractivity contribution in [2.75, 3.05) is 30.4 Å². The lowest BCUT2D eigenvalue weighted by atomic mass is 10.2. The molecule has 1 fully saturated rings. The summed E-state index contributed by atoms with van der Waals surface area (Å²) in [6, 6.07) is 10.6. The van der Waals surface area contributed by atoms with Gasteiger partial charge in [0, 0.05) is 18.8 Å². The highest BCUT2D eigenvalue weighted by atomic mass is 16.5. The van der Waals surface area contributed by atoms with Crippen LogP contribution in [0.5, 0.6) is 5.75 Å². The first kappa shape index (κ1) is 17.2. The third kappa shape index (κ3) is 4.90. The monoisotopic (exact) mass is 342 g/mol. The van der Waals surface area contributed by atoms with Crippen molar-refractivity contribution in [2.24, 2.45) is 0 Å². The van der Waals surface area contributed by atoms with Crippen LogP contribution in [0.4, 0.5) is 11.5 Å². The zero-order chi connectivity index (χ0) is 17.5. The number of ether oxygens (including phenoxy) is 2. The van der Waals surface area contributed by atoms with E-state index in [1.807, 2.05) is 19.1 Å². The van der Waals surface area contributed by atoms with Crippen LogP contribution in [0.15, 0.2) is 36.4 Å². The standard InChI is InChI=1S/C18H22N4O3/c1-2-24-14-7-5-13(6-8-14)20-18(23)16-9-10-17(22-21-16)19-12-15-4-3-11-25-15/h5-10,15H,2-4,11-12H2,1H3,(H,19,22)(H,20,23). The van der Waals surface area contributed by atoms with Crippen LogP contribution in [-0.4, -0.2) is 42.0 Å². The molecule has 2 N–H and O–H groups in total. The summed E-state index contributed by atoms with van der Waals surface area (Å²) < 4.78 is 10.9. The van der Waals surface area contributed by atoms with Crippen molar-refractivity contribution in [3.05, 3.63) is 42.1 Å². The van der Waals surface area contributed by atoms with E-state index < -0.39 is 0 Å². The number of aromatic nitrogens is 2. The molecular weight excluding hydrogens is 320 g/mol. The first-order valence-corrected chi connectivity index (χ1v) is 8.48. The molecule has 1 saturated heterocycles. The van der Waals surface area contributed by atoms with Crippen molar-refractivity contribution >= 4 is 17.4 Å². The van der Waals surface area contributed by atoms with Crippen LogP contribution >= 0.6 is 0 Å². The highest BCUT2D eigenvalue weighted by molar-refractivity contribution is 6.02. The summed E-state index contributed by atoms with van der Waals surface area (Å²) in [5.74, 6) is 1.09. The Balaban J connectivity index is 1.52. The fourth-order valence-corrected chi connectivity index (χ4v) is 2.57. The normalized spacial score (nSPS) is 16.4. The zero-order valence-corrected chi connectivity index (χ0v) is 14.2. The molecule has 1 aromatic heterocycles. The Morgan fingerprint density at radius 2 is 2.08 bits per heavy atom. The molecule has 1 aromatic carbocycles. The molecule has 0 bridgehead atoms. The number of nitrogens with zero attached hydrogens (tertiary/aromatic N) is 2. The zero-order valence-electron chi connectivity index (χ0n) is 14.2. The molecule has 2 heterocycles. The van der Waals surface area contributed by atoms with Gasteiger partial charge in [-0.3, -0.25) is 4.79 Å². The Morgan fingerprint density at radius 1 is 1.24 bits per heavy atom. The molecule has 1 amide bonds. The van der Waals surface area contributed by atoms with E-state index in [0.717, 1.165) is 25.2 Å². The summed E-state index contributed by atoms with van der Waals surface area (Å²) in [5.41, 5.74) is 0.937. The smallest absolute Gasteiger partial charge is 0.276 e. The highest BCUT2D eigenvalue weighted by Crippen LogP contribution is 2.16. The minimum absolute atomic E-state index is 0.226. The number of carbonyl (C=O) groups excluding carboxylic acids is 1. The predicted octanol–water partition coefficient (Wildman–Crippen LogP) is 2.72. The summed E-state index contributed by atoms with van der Waals surface area (Å²) in [6.45, 7) is 4.05. The summed E-state index contributed by atoms with van der Waals surface area (Å²) in [7, 11) is 0. The summed E-state index contributed by atoms with van der Waals surface area (Å²) >= 11 is 0. The largest absolute Gasteiger partial charge is 0.494 e. The van der Waals surface area contributed by atoms with Gasteiger partial charge < -0.3 is 20.1 Å². The molecular formula is C18H22N4O3. The van der Waals surface area contributed by atoms with Gasteiger partial charge in [0.2, 0.25) is 0 Å². The van der Waals surface area contributed by atoms with Gasteiger partial charge in [0.15, 0.2) is 5.69 Å². The van der Waals surface area contributed by atoms with E-state index >= 15 is 0 Å². The van der Waals surface area contributed by atoms with Gasteiger partial charge in [-0.1, -0.05) is 0 Å². The first-order chi connectivity index (χ1) is 12.2. The second-order valence-electron chi connectivity index (χ2n) is 5.73.